The summed E-state index contributed by atoms with van der Waals surface area (Å²) in [6.07, 6.45) is 1.18. The number of nitrogens with zero attached hydrogens (tertiary/aromatic N) is 3. The van der Waals surface area contributed by atoms with E-state index in [1.807, 2.05) is 48.5 Å². The summed E-state index contributed by atoms with van der Waals surface area (Å²) in [5, 5.41) is 0. The third-order valence-electron chi connectivity index (χ3n) is 6.82. The van der Waals surface area contributed by atoms with E-state index in [0.717, 1.165) is 29.2 Å². The highest BCUT2D eigenvalue weighted by Gasteiger charge is 2.57. The molecule has 2 aromatic rings. The predicted molar refractivity (Wildman–Crippen MR) is 128 cm³/mol. The second-order valence-electron chi connectivity index (χ2n) is 8.83. The Labute approximate surface area is 201 Å². The molecule has 0 aromatic heterocycles. The summed E-state index contributed by atoms with van der Waals surface area (Å²) >= 11 is 0. The molecule has 0 atom stereocenters. The van der Waals surface area contributed by atoms with Crippen molar-refractivity contribution in [2.24, 2.45) is 0 Å². The van der Waals surface area contributed by atoms with Gasteiger partial charge in [0.15, 0.2) is 0 Å². The van der Waals surface area contributed by atoms with Crippen molar-refractivity contribution in [3.63, 3.8) is 0 Å². The third kappa shape index (κ3) is 4.74. The first-order valence-electron chi connectivity index (χ1n) is 11.6. The summed E-state index contributed by atoms with van der Waals surface area (Å²) in [6.45, 7) is 3.23. The molecule has 2 fully saturated rings. The van der Waals surface area contributed by atoms with E-state index in [4.69, 9.17) is 14.2 Å². The Balaban J connectivity index is 1.50. The van der Waals surface area contributed by atoms with E-state index in [-0.39, 0.29) is 18.5 Å². The van der Waals surface area contributed by atoms with Crippen molar-refractivity contribution in [2.45, 2.75) is 31.5 Å². The van der Waals surface area contributed by atoms with Crippen molar-refractivity contribution in [2.75, 3.05) is 47.6 Å². The van der Waals surface area contributed by atoms with Gasteiger partial charge in [-0.2, -0.15) is 0 Å². The van der Waals surface area contributed by atoms with Crippen molar-refractivity contribution in [3.8, 4) is 11.5 Å². The quantitative estimate of drug-likeness (QED) is 0.528. The maximum Gasteiger partial charge on any atom is 0.328 e. The fourth-order valence-electron chi connectivity index (χ4n) is 4.96. The van der Waals surface area contributed by atoms with E-state index in [1.54, 1.807) is 26.2 Å². The molecule has 182 valence electrons. The van der Waals surface area contributed by atoms with Gasteiger partial charge in [0, 0.05) is 39.4 Å². The van der Waals surface area contributed by atoms with Gasteiger partial charge in [-0.1, -0.05) is 30.3 Å². The normalized spacial score (nSPS) is 18.1. The van der Waals surface area contributed by atoms with Crippen molar-refractivity contribution < 1.29 is 23.8 Å². The zero-order valence-corrected chi connectivity index (χ0v) is 20.2. The first-order chi connectivity index (χ1) is 16.5. The van der Waals surface area contributed by atoms with Crippen LogP contribution in [0.4, 0.5) is 4.79 Å². The summed E-state index contributed by atoms with van der Waals surface area (Å²) in [6, 6.07) is 15.3. The molecule has 34 heavy (non-hydrogen) atoms. The minimum Gasteiger partial charge on any atom is -0.497 e. The summed E-state index contributed by atoms with van der Waals surface area (Å²) in [4.78, 5) is 32.5. The van der Waals surface area contributed by atoms with Crippen LogP contribution in [0.3, 0.4) is 0 Å². The van der Waals surface area contributed by atoms with Gasteiger partial charge in [-0.25, -0.2) is 4.79 Å². The summed E-state index contributed by atoms with van der Waals surface area (Å²) in [5.41, 5.74) is 1.22. The predicted octanol–water partition coefficient (Wildman–Crippen LogP) is 3.15. The number of piperidine rings is 1. The van der Waals surface area contributed by atoms with Crippen LogP contribution in [0.15, 0.2) is 48.5 Å². The van der Waals surface area contributed by atoms with Crippen molar-refractivity contribution >= 4 is 11.9 Å². The summed E-state index contributed by atoms with van der Waals surface area (Å²) in [7, 11) is 4.89. The van der Waals surface area contributed by atoms with E-state index in [0.29, 0.717) is 39.1 Å². The molecule has 8 heteroatoms. The van der Waals surface area contributed by atoms with Gasteiger partial charge in [0.2, 0.25) is 0 Å². The Kier molecular flexibility index (Phi) is 7.38. The molecule has 0 saturated carbocycles. The third-order valence-corrected chi connectivity index (χ3v) is 6.82. The average Bonchev–Trinajstić information content (AvgIpc) is 3.05. The standard InChI is InChI=1S/C26H33N3O5/c1-32-14-13-29-25(31)28(19-20-7-5-4-6-8-20)24(30)26(29)9-11-27(12-10-26)18-21-15-22(33-2)17-23(16-21)34-3/h4-8,15-17H,9-14,18-19H2,1-3H3. The van der Waals surface area contributed by atoms with Crippen LogP contribution >= 0.6 is 0 Å². The minimum atomic E-state index is -0.813. The Morgan fingerprint density at radius 3 is 2.09 bits per heavy atom. The Morgan fingerprint density at radius 1 is 0.853 bits per heavy atom. The SMILES string of the molecule is COCCN1C(=O)N(Cc2ccccc2)C(=O)C12CCN(Cc1cc(OC)cc(OC)c1)CC2. The minimum absolute atomic E-state index is 0.0971. The molecule has 2 saturated heterocycles. The van der Waals surface area contributed by atoms with Gasteiger partial charge in [-0.3, -0.25) is 14.6 Å². The van der Waals surface area contributed by atoms with Gasteiger partial charge in [0.1, 0.15) is 17.0 Å². The molecule has 0 radical (unpaired) electrons. The molecule has 8 nitrogen and oxygen atoms in total. The molecule has 0 bridgehead atoms. The second-order valence-corrected chi connectivity index (χ2v) is 8.83. The molecular weight excluding hydrogens is 434 g/mol. The lowest BCUT2D eigenvalue weighted by Crippen LogP contribution is -2.57. The van der Waals surface area contributed by atoms with Gasteiger partial charge in [-0.05, 0) is 36.1 Å². The molecule has 2 aromatic carbocycles. The van der Waals surface area contributed by atoms with Gasteiger partial charge in [0.25, 0.3) is 5.91 Å². The van der Waals surface area contributed by atoms with E-state index < -0.39 is 5.54 Å². The fourth-order valence-corrected chi connectivity index (χ4v) is 4.96. The molecule has 4 rings (SSSR count). The van der Waals surface area contributed by atoms with E-state index in [9.17, 15) is 9.59 Å². The largest absolute Gasteiger partial charge is 0.497 e. The number of rotatable bonds is 9. The van der Waals surface area contributed by atoms with Crippen LogP contribution in [0.25, 0.3) is 0 Å². The Morgan fingerprint density at radius 2 is 1.50 bits per heavy atom. The van der Waals surface area contributed by atoms with Crippen LogP contribution in [-0.2, 0) is 22.6 Å². The highest BCUT2D eigenvalue weighted by molar-refractivity contribution is 6.07. The molecule has 0 unspecified atom stereocenters. The van der Waals surface area contributed by atoms with E-state index in [1.165, 1.54) is 4.90 Å². The fraction of sp³-hybridized carbons (Fsp3) is 0.462. The topological polar surface area (TPSA) is 71.6 Å². The van der Waals surface area contributed by atoms with Crippen LogP contribution in [0.5, 0.6) is 11.5 Å². The number of methoxy groups -OCH3 is 3. The molecule has 2 aliphatic rings. The van der Waals surface area contributed by atoms with Crippen LogP contribution in [0.1, 0.15) is 24.0 Å². The molecule has 0 aliphatic carbocycles. The lowest BCUT2D eigenvalue weighted by Gasteiger charge is -2.42. The lowest BCUT2D eigenvalue weighted by molar-refractivity contribution is -0.136. The van der Waals surface area contributed by atoms with E-state index in [2.05, 4.69) is 4.90 Å². The van der Waals surface area contributed by atoms with Crippen molar-refractivity contribution in [1.82, 2.24) is 14.7 Å². The molecule has 0 N–H and O–H groups in total. The van der Waals surface area contributed by atoms with Gasteiger partial charge < -0.3 is 19.1 Å². The van der Waals surface area contributed by atoms with E-state index >= 15 is 0 Å². The number of likely N-dealkylation sites (tertiary alicyclic amines) is 1. The number of hydrogen-bond acceptors (Lipinski definition) is 6. The number of imide groups is 1. The average molecular weight is 468 g/mol. The monoisotopic (exact) mass is 467 g/mol. The van der Waals surface area contributed by atoms with Crippen LogP contribution in [0.2, 0.25) is 0 Å². The second kappa shape index (κ2) is 10.4. The first-order valence-corrected chi connectivity index (χ1v) is 11.6. The molecule has 2 aliphatic heterocycles. The number of carbonyl (C=O) groups is 2. The number of amides is 3. The molecule has 2 heterocycles. The molecule has 1 spiro atoms. The Bertz CT molecular complexity index is 983. The summed E-state index contributed by atoms with van der Waals surface area (Å²) in [5.74, 6) is 1.41. The number of urea groups is 1. The highest BCUT2D eigenvalue weighted by atomic mass is 16.5. The summed E-state index contributed by atoms with van der Waals surface area (Å²) < 4.78 is 16.1. The highest BCUT2D eigenvalue weighted by Crippen LogP contribution is 2.38. The first kappa shape index (κ1) is 24.0. The zero-order chi connectivity index (χ0) is 24.1. The maximum atomic E-state index is 13.7. The van der Waals surface area contributed by atoms with Crippen LogP contribution in [-0.4, -0.2) is 79.7 Å². The number of carbonyl (C=O) groups excluding carboxylic acids is 2. The number of hydrogen-bond donors (Lipinski definition) is 0. The number of ether oxygens (including phenoxy) is 3. The van der Waals surface area contributed by atoms with Crippen molar-refractivity contribution in [3.05, 3.63) is 59.7 Å². The van der Waals surface area contributed by atoms with Crippen LogP contribution < -0.4 is 9.47 Å². The smallest absolute Gasteiger partial charge is 0.328 e. The molecule has 3 amide bonds. The van der Waals surface area contributed by atoms with Gasteiger partial charge in [-0.15, -0.1) is 0 Å². The van der Waals surface area contributed by atoms with Gasteiger partial charge in [0.05, 0.1) is 27.4 Å². The van der Waals surface area contributed by atoms with Crippen molar-refractivity contribution in [1.29, 1.82) is 0 Å². The Hall–Kier alpha value is -3.10. The van der Waals surface area contributed by atoms with Gasteiger partial charge >= 0.3 is 6.03 Å². The number of benzene rings is 2. The lowest BCUT2D eigenvalue weighted by atomic mass is 9.85. The van der Waals surface area contributed by atoms with Crippen LogP contribution in [0, 0.1) is 0 Å². The molecular formula is C26H33N3O5. The maximum absolute atomic E-state index is 13.7. The zero-order valence-electron chi connectivity index (χ0n) is 20.2.